The number of nitrogen functional groups attached to an aromatic ring is 1. The van der Waals surface area contributed by atoms with Gasteiger partial charge in [0.15, 0.2) is 5.03 Å². The summed E-state index contributed by atoms with van der Waals surface area (Å²) in [6, 6.07) is 9.36. The second kappa shape index (κ2) is 10.2. The molecule has 3 N–H and O–H groups in total. The molecule has 1 saturated heterocycles. The zero-order valence-electron chi connectivity index (χ0n) is 22.5. The van der Waals surface area contributed by atoms with Gasteiger partial charge in [0.05, 0.1) is 17.4 Å². The Morgan fingerprint density at radius 3 is 2.55 bits per heavy atom. The Labute approximate surface area is 223 Å². The molecule has 0 radical (unpaired) electrons. The predicted molar refractivity (Wildman–Crippen MR) is 146 cm³/mol. The lowest BCUT2D eigenvalue weighted by Gasteiger charge is -2.34. The fourth-order valence-corrected chi connectivity index (χ4v) is 5.80. The molecule has 0 bridgehead atoms. The zero-order chi connectivity index (χ0) is 27.8. The van der Waals surface area contributed by atoms with Crippen molar-refractivity contribution in [3.8, 4) is 17.1 Å². The number of anilines is 2. The summed E-state index contributed by atoms with van der Waals surface area (Å²) in [4.78, 5) is 28.6. The van der Waals surface area contributed by atoms with E-state index in [-0.39, 0.29) is 28.1 Å². The molecule has 202 valence electrons. The molecule has 1 aliphatic heterocycles. The van der Waals surface area contributed by atoms with Gasteiger partial charge >= 0.3 is 0 Å². The summed E-state index contributed by atoms with van der Waals surface area (Å²) in [5, 5.41) is -0.336. The van der Waals surface area contributed by atoms with Crippen molar-refractivity contribution < 1.29 is 17.9 Å². The van der Waals surface area contributed by atoms with Gasteiger partial charge in [0.1, 0.15) is 11.6 Å². The Morgan fingerprint density at radius 1 is 1.21 bits per heavy atom. The Balaban J connectivity index is 1.77. The Hall–Kier alpha value is -3.73. The predicted octanol–water partition coefficient (Wildman–Crippen LogP) is 3.96. The third kappa shape index (κ3) is 5.72. The SMILES string of the molecule is Cc1cc(OC(C)C)ncc1-c1ccc(C(=O)NS(=O)(=O)c2cccc(N)n2)c(N2CC(C)CC2(C)C)n1. The summed E-state index contributed by atoms with van der Waals surface area (Å²) >= 11 is 0. The monoisotopic (exact) mass is 538 g/mol. The van der Waals surface area contributed by atoms with Gasteiger partial charge in [0.2, 0.25) is 5.88 Å². The smallest absolute Gasteiger partial charge is 0.281 e. The third-order valence-corrected chi connectivity index (χ3v) is 7.65. The lowest BCUT2D eigenvalue weighted by molar-refractivity contribution is 0.0981. The maximum atomic E-state index is 13.4. The summed E-state index contributed by atoms with van der Waals surface area (Å²) < 4.78 is 33.7. The number of hydrogen-bond acceptors (Lipinski definition) is 9. The third-order valence-electron chi connectivity index (χ3n) is 6.41. The Morgan fingerprint density at radius 2 is 1.95 bits per heavy atom. The van der Waals surface area contributed by atoms with E-state index in [1.807, 2.05) is 26.8 Å². The number of carbonyl (C=O) groups excluding carboxylic acids is 1. The first-order valence-electron chi connectivity index (χ1n) is 12.5. The maximum absolute atomic E-state index is 13.4. The highest BCUT2D eigenvalue weighted by molar-refractivity contribution is 7.90. The number of pyridine rings is 3. The first-order valence-corrected chi connectivity index (χ1v) is 14.0. The van der Waals surface area contributed by atoms with E-state index < -0.39 is 15.9 Å². The molecule has 0 aliphatic carbocycles. The number of aryl methyl sites for hydroxylation is 1. The van der Waals surface area contributed by atoms with Crippen LogP contribution in [0.1, 0.15) is 57.0 Å². The normalized spacial score (nSPS) is 17.0. The molecule has 11 heteroatoms. The summed E-state index contributed by atoms with van der Waals surface area (Å²) in [7, 11) is -4.25. The van der Waals surface area contributed by atoms with E-state index in [1.54, 1.807) is 18.3 Å². The molecule has 1 amide bonds. The highest BCUT2D eigenvalue weighted by atomic mass is 32.2. The molecular weight excluding hydrogens is 504 g/mol. The lowest BCUT2D eigenvalue weighted by atomic mass is 9.97. The van der Waals surface area contributed by atoms with Crippen molar-refractivity contribution in [3.05, 3.63) is 53.7 Å². The molecule has 1 aliphatic rings. The number of nitrogens with zero attached hydrogens (tertiary/aromatic N) is 4. The van der Waals surface area contributed by atoms with Crippen molar-refractivity contribution >= 4 is 27.6 Å². The largest absolute Gasteiger partial charge is 0.475 e. The quantitative estimate of drug-likeness (QED) is 0.457. The van der Waals surface area contributed by atoms with Gasteiger partial charge in [-0.15, -0.1) is 0 Å². The summed E-state index contributed by atoms with van der Waals surface area (Å²) in [6.45, 7) is 12.8. The number of ether oxygens (including phenoxy) is 1. The molecule has 0 spiro atoms. The molecule has 3 aromatic heterocycles. The number of carbonyl (C=O) groups is 1. The molecule has 1 fully saturated rings. The van der Waals surface area contributed by atoms with Crippen LogP contribution in [-0.2, 0) is 10.0 Å². The number of hydrogen-bond donors (Lipinski definition) is 2. The fraction of sp³-hybridized carbons (Fsp3) is 0.407. The summed E-state index contributed by atoms with van der Waals surface area (Å²) in [5.74, 6) is 0.532. The second-order valence-electron chi connectivity index (χ2n) is 10.6. The Bertz CT molecular complexity index is 1470. The topological polar surface area (TPSA) is 140 Å². The van der Waals surface area contributed by atoms with Crippen LogP contribution in [0.4, 0.5) is 11.6 Å². The molecule has 1 unspecified atom stereocenters. The van der Waals surface area contributed by atoms with Crippen LogP contribution < -0.4 is 20.1 Å². The molecule has 4 heterocycles. The van der Waals surface area contributed by atoms with Crippen molar-refractivity contribution in [1.82, 2.24) is 19.7 Å². The van der Waals surface area contributed by atoms with E-state index in [0.29, 0.717) is 29.9 Å². The summed E-state index contributed by atoms with van der Waals surface area (Å²) in [5.41, 5.74) is 7.82. The van der Waals surface area contributed by atoms with Crippen molar-refractivity contribution in [2.24, 2.45) is 5.92 Å². The minimum absolute atomic E-state index is 0.00605. The van der Waals surface area contributed by atoms with Gasteiger partial charge in [-0.3, -0.25) is 4.79 Å². The van der Waals surface area contributed by atoms with E-state index in [4.69, 9.17) is 15.5 Å². The average molecular weight is 539 g/mol. The fourth-order valence-electron chi connectivity index (χ4n) is 4.85. The molecule has 0 aromatic carbocycles. The van der Waals surface area contributed by atoms with Gasteiger partial charge in [0, 0.05) is 29.9 Å². The van der Waals surface area contributed by atoms with Crippen molar-refractivity contribution in [3.63, 3.8) is 0 Å². The molecule has 4 rings (SSSR count). The van der Waals surface area contributed by atoms with Crippen LogP contribution in [0.25, 0.3) is 11.3 Å². The molecule has 0 saturated carbocycles. The molecular formula is C27H34N6O4S. The molecule has 1 atom stereocenters. The van der Waals surface area contributed by atoms with Gasteiger partial charge in [-0.25, -0.2) is 19.7 Å². The van der Waals surface area contributed by atoms with Crippen LogP contribution in [0.3, 0.4) is 0 Å². The van der Waals surface area contributed by atoms with Crippen LogP contribution in [0.2, 0.25) is 0 Å². The van der Waals surface area contributed by atoms with Gasteiger partial charge in [-0.1, -0.05) is 13.0 Å². The van der Waals surface area contributed by atoms with Crippen LogP contribution in [0.15, 0.2) is 47.6 Å². The average Bonchev–Trinajstić information content (AvgIpc) is 3.09. The molecule has 10 nitrogen and oxygen atoms in total. The zero-order valence-corrected chi connectivity index (χ0v) is 23.3. The van der Waals surface area contributed by atoms with Crippen LogP contribution in [0, 0.1) is 12.8 Å². The standard InChI is InChI=1S/C27H34N6O4S/c1-16(2)37-23-12-18(4)20(14-29-23)21-11-10-19(25(30-21)33-15-17(3)13-27(33,5)6)26(34)32-38(35,36)24-9-7-8-22(28)31-24/h7-12,14,16-17H,13,15H2,1-6H3,(H2,28,31)(H,32,34). The number of nitrogens with one attached hydrogen (secondary N) is 1. The van der Waals surface area contributed by atoms with E-state index >= 15 is 0 Å². The number of aromatic nitrogens is 3. The van der Waals surface area contributed by atoms with E-state index in [0.717, 1.165) is 17.5 Å². The van der Waals surface area contributed by atoms with Gasteiger partial charge in [-0.2, -0.15) is 8.42 Å². The number of rotatable bonds is 7. The van der Waals surface area contributed by atoms with Gasteiger partial charge < -0.3 is 15.4 Å². The van der Waals surface area contributed by atoms with Crippen LogP contribution in [0.5, 0.6) is 5.88 Å². The molecule has 38 heavy (non-hydrogen) atoms. The van der Waals surface area contributed by atoms with Gasteiger partial charge in [0.25, 0.3) is 15.9 Å². The minimum atomic E-state index is -4.25. The van der Waals surface area contributed by atoms with Crippen molar-refractivity contribution in [2.45, 2.75) is 64.6 Å². The first kappa shape index (κ1) is 27.3. The van der Waals surface area contributed by atoms with E-state index in [1.165, 1.54) is 18.2 Å². The van der Waals surface area contributed by atoms with E-state index in [9.17, 15) is 13.2 Å². The maximum Gasteiger partial charge on any atom is 0.281 e. The van der Waals surface area contributed by atoms with Gasteiger partial charge in [-0.05, 0) is 76.8 Å². The lowest BCUT2D eigenvalue weighted by Crippen LogP contribution is -2.41. The summed E-state index contributed by atoms with van der Waals surface area (Å²) in [6.07, 6.45) is 2.59. The van der Waals surface area contributed by atoms with Crippen LogP contribution >= 0.6 is 0 Å². The number of sulfonamides is 1. The van der Waals surface area contributed by atoms with Crippen molar-refractivity contribution in [1.29, 1.82) is 0 Å². The second-order valence-corrected chi connectivity index (χ2v) is 12.3. The van der Waals surface area contributed by atoms with Crippen LogP contribution in [-0.4, -0.2) is 47.5 Å². The Kier molecular flexibility index (Phi) is 7.33. The van der Waals surface area contributed by atoms with Crippen molar-refractivity contribution in [2.75, 3.05) is 17.2 Å². The minimum Gasteiger partial charge on any atom is -0.475 e. The molecule has 3 aromatic rings. The number of nitrogens with two attached hydrogens (primary N) is 1. The first-order chi connectivity index (χ1) is 17.8. The van der Waals surface area contributed by atoms with E-state index in [2.05, 4.69) is 40.4 Å². The highest BCUT2D eigenvalue weighted by Crippen LogP contribution is 2.38. The highest BCUT2D eigenvalue weighted by Gasteiger charge is 2.39. The number of amides is 1.